The summed E-state index contributed by atoms with van der Waals surface area (Å²) in [5, 5.41) is 13.7. The number of nitrogens with zero attached hydrogens (tertiary/aromatic N) is 1. The van der Waals surface area contributed by atoms with Crippen LogP contribution >= 0.6 is 0 Å². The number of hydrogen-bond acceptors (Lipinski definition) is 4. The minimum Gasteiger partial charge on any atom is -0.495 e. The molecule has 2 N–H and O–H groups in total. The number of nitrogens with one attached hydrogen (secondary N) is 2. The fraction of sp³-hybridized carbons (Fsp3) is 0.316. The predicted molar refractivity (Wildman–Crippen MR) is 97.4 cm³/mol. The number of methoxy groups -OCH3 is 1. The van der Waals surface area contributed by atoms with Crippen molar-refractivity contribution in [2.45, 2.75) is 19.4 Å². The van der Waals surface area contributed by atoms with Gasteiger partial charge in [-0.2, -0.15) is 0 Å². The number of quaternary nitrogens is 1. The molecule has 1 unspecified atom stereocenters. The van der Waals surface area contributed by atoms with Crippen molar-refractivity contribution < 1.29 is 19.4 Å². The molecule has 1 amide bonds. The van der Waals surface area contributed by atoms with Gasteiger partial charge in [-0.3, -0.25) is 14.9 Å². The highest BCUT2D eigenvalue weighted by atomic mass is 16.6. The number of ether oxygens (including phenoxy) is 1. The second-order valence-corrected chi connectivity index (χ2v) is 6.39. The number of non-ortho nitro benzene ring substituents is 1. The quantitative estimate of drug-likeness (QED) is 0.608. The molecule has 2 aromatic rings. The zero-order valence-corrected chi connectivity index (χ0v) is 14.7. The van der Waals surface area contributed by atoms with E-state index in [-0.39, 0.29) is 11.6 Å². The largest absolute Gasteiger partial charge is 0.495 e. The molecule has 1 heterocycles. The van der Waals surface area contributed by atoms with Crippen LogP contribution in [0.2, 0.25) is 0 Å². The van der Waals surface area contributed by atoms with Gasteiger partial charge in [0.05, 0.1) is 37.2 Å². The molecule has 1 aliphatic heterocycles. The number of carbonyl (C=O) groups is 1. The van der Waals surface area contributed by atoms with Gasteiger partial charge < -0.3 is 15.0 Å². The summed E-state index contributed by atoms with van der Waals surface area (Å²) >= 11 is 0. The predicted octanol–water partition coefficient (Wildman–Crippen LogP) is 1.57. The summed E-state index contributed by atoms with van der Waals surface area (Å²) in [6, 6.07) is 12.6. The van der Waals surface area contributed by atoms with Gasteiger partial charge in [0.1, 0.15) is 12.3 Å². The molecule has 0 aromatic heterocycles. The third-order valence-electron chi connectivity index (χ3n) is 4.68. The lowest BCUT2D eigenvalue weighted by molar-refractivity contribution is -0.915. The number of hydrogen-bond donors (Lipinski definition) is 2. The molecule has 7 heteroatoms. The Morgan fingerprint density at radius 1 is 1.27 bits per heavy atom. The third-order valence-corrected chi connectivity index (χ3v) is 4.68. The Morgan fingerprint density at radius 2 is 2.04 bits per heavy atom. The molecule has 0 bridgehead atoms. The van der Waals surface area contributed by atoms with Gasteiger partial charge >= 0.3 is 0 Å². The zero-order chi connectivity index (χ0) is 18.5. The van der Waals surface area contributed by atoms with Gasteiger partial charge in [-0.15, -0.1) is 0 Å². The second-order valence-electron chi connectivity index (χ2n) is 6.39. The highest BCUT2D eigenvalue weighted by Gasteiger charge is 2.20. The minimum atomic E-state index is -0.496. The summed E-state index contributed by atoms with van der Waals surface area (Å²) in [7, 11) is 1.46. The molecule has 26 heavy (non-hydrogen) atoms. The van der Waals surface area contributed by atoms with E-state index in [1.54, 1.807) is 0 Å². The molecular weight excluding hydrogens is 334 g/mol. The van der Waals surface area contributed by atoms with Gasteiger partial charge in [0.15, 0.2) is 0 Å². The number of carbonyl (C=O) groups excluding carboxylic acids is 1. The van der Waals surface area contributed by atoms with E-state index < -0.39 is 4.92 Å². The normalized spacial score (nSPS) is 15.8. The van der Waals surface area contributed by atoms with E-state index in [0.717, 1.165) is 26.1 Å². The van der Waals surface area contributed by atoms with Crippen molar-refractivity contribution in [3.8, 4) is 5.75 Å². The molecule has 136 valence electrons. The van der Waals surface area contributed by atoms with E-state index in [1.165, 1.54) is 41.3 Å². The smallest absolute Gasteiger partial charge is 0.271 e. The van der Waals surface area contributed by atoms with E-state index >= 15 is 0 Å². The fourth-order valence-electron chi connectivity index (χ4n) is 3.27. The van der Waals surface area contributed by atoms with Crippen molar-refractivity contribution in [3.63, 3.8) is 0 Å². The number of amides is 1. The lowest BCUT2D eigenvalue weighted by atomic mass is 10.00. The standard InChI is InChI=1S/C19H21N3O4/c1-26-18-7-6-16(22(24)25)12-17(18)20-19(23)9-11-21-10-8-14-4-2-3-5-15(14)13-21/h2-7,12H,8-11,13H2,1H3,(H,20,23)/p+1. The van der Waals surface area contributed by atoms with Crippen molar-refractivity contribution >= 4 is 17.3 Å². The summed E-state index contributed by atoms with van der Waals surface area (Å²) in [5.74, 6) is 0.235. The molecule has 7 nitrogen and oxygen atoms in total. The molecular formula is C19H22N3O4+. The first-order valence-corrected chi connectivity index (χ1v) is 8.59. The lowest BCUT2D eigenvalue weighted by Crippen LogP contribution is -3.11. The van der Waals surface area contributed by atoms with Crippen molar-refractivity contribution in [1.29, 1.82) is 0 Å². The van der Waals surface area contributed by atoms with Gasteiger partial charge in [0.2, 0.25) is 5.91 Å². The number of rotatable bonds is 6. The summed E-state index contributed by atoms with van der Waals surface area (Å²) in [6.07, 6.45) is 1.37. The van der Waals surface area contributed by atoms with Crippen LogP contribution in [-0.2, 0) is 17.8 Å². The Balaban J connectivity index is 1.58. The van der Waals surface area contributed by atoms with Crippen LogP contribution in [-0.4, -0.2) is 31.0 Å². The van der Waals surface area contributed by atoms with Crippen molar-refractivity contribution in [1.82, 2.24) is 0 Å². The first-order chi connectivity index (χ1) is 12.6. The van der Waals surface area contributed by atoms with Crippen LogP contribution in [0.25, 0.3) is 0 Å². The summed E-state index contributed by atoms with van der Waals surface area (Å²) in [6.45, 7) is 2.64. The first kappa shape index (κ1) is 17.9. The van der Waals surface area contributed by atoms with Crippen LogP contribution in [0, 0.1) is 10.1 Å². The van der Waals surface area contributed by atoms with E-state index in [1.807, 2.05) is 6.07 Å². The molecule has 0 saturated heterocycles. The van der Waals surface area contributed by atoms with Gasteiger partial charge in [-0.1, -0.05) is 24.3 Å². The van der Waals surface area contributed by atoms with Gasteiger partial charge in [-0.25, -0.2) is 0 Å². The Morgan fingerprint density at radius 3 is 2.77 bits per heavy atom. The van der Waals surface area contributed by atoms with Crippen LogP contribution in [0.5, 0.6) is 5.75 Å². The van der Waals surface area contributed by atoms with Crippen LogP contribution < -0.4 is 15.0 Å². The third kappa shape index (κ3) is 4.18. The average Bonchev–Trinajstić information content (AvgIpc) is 2.66. The molecule has 3 rings (SSSR count). The van der Waals surface area contributed by atoms with Gasteiger partial charge in [0, 0.05) is 24.1 Å². The first-order valence-electron chi connectivity index (χ1n) is 8.59. The Labute approximate surface area is 151 Å². The number of nitro benzene ring substituents is 1. The van der Waals surface area contributed by atoms with E-state index in [4.69, 9.17) is 4.74 Å². The maximum atomic E-state index is 12.3. The van der Waals surface area contributed by atoms with Gasteiger partial charge in [-0.05, 0) is 11.6 Å². The Bertz CT molecular complexity index is 822. The fourth-order valence-corrected chi connectivity index (χ4v) is 3.27. The topological polar surface area (TPSA) is 85.9 Å². The summed E-state index contributed by atoms with van der Waals surface area (Å²) < 4.78 is 5.17. The molecule has 0 spiro atoms. The summed E-state index contributed by atoms with van der Waals surface area (Å²) in [4.78, 5) is 24.1. The van der Waals surface area contributed by atoms with Crippen molar-refractivity contribution in [3.05, 3.63) is 63.7 Å². The van der Waals surface area contributed by atoms with Crippen LogP contribution in [0.4, 0.5) is 11.4 Å². The Kier molecular flexibility index (Phi) is 5.48. The number of benzene rings is 2. The molecule has 0 aliphatic carbocycles. The lowest BCUT2D eigenvalue weighted by Gasteiger charge is -2.25. The maximum Gasteiger partial charge on any atom is 0.271 e. The maximum absolute atomic E-state index is 12.3. The molecule has 0 saturated carbocycles. The van der Waals surface area contributed by atoms with E-state index in [9.17, 15) is 14.9 Å². The van der Waals surface area contributed by atoms with Gasteiger partial charge in [0.25, 0.3) is 5.69 Å². The summed E-state index contributed by atoms with van der Waals surface area (Å²) in [5.41, 5.74) is 2.97. The SMILES string of the molecule is COc1ccc([N+](=O)[O-])cc1NC(=O)CC[NH+]1CCc2ccccc2C1. The molecule has 0 fully saturated rings. The second kappa shape index (κ2) is 7.97. The molecule has 1 aliphatic rings. The minimum absolute atomic E-state index is 0.0839. The van der Waals surface area contributed by atoms with E-state index in [2.05, 4.69) is 23.5 Å². The van der Waals surface area contributed by atoms with Crippen molar-refractivity contribution in [2.75, 3.05) is 25.5 Å². The number of nitro groups is 1. The zero-order valence-electron chi connectivity index (χ0n) is 14.7. The molecule has 0 radical (unpaired) electrons. The van der Waals surface area contributed by atoms with Crippen LogP contribution in [0.1, 0.15) is 17.5 Å². The average molecular weight is 356 g/mol. The molecule has 2 aromatic carbocycles. The number of anilines is 1. The van der Waals surface area contributed by atoms with E-state index in [0.29, 0.717) is 17.9 Å². The Hall–Kier alpha value is -2.93. The van der Waals surface area contributed by atoms with Crippen LogP contribution in [0.3, 0.4) is 0 Å². The van der Waals surface area contributed by atoms with Crippen LogP contribution in [0.15, 0.2) is 42.5 Å². The van der Waals surface area contributed by atoms with Crippen molar-refractivity contribution in [2.24, 2.45) is 0 Å². The highest BCUT2D eigenvalue weighted by molar-refractivity contribution is 5.92. The molecule has 1 atom stereocenters. The monoisotopic (exact) mass is 356 g/mol. The number of fused-ring (bicyclic) bond motifs is 1. The highest BCUT2D eigenvalue weighted by Crippen LogP contribution is 2.28.